The molecule has 1 aliphatic carbocycles. The lowest BCUT2D eigenvalue weighted by Crippen LogP contribution is -2.47. The molecule has 2 aromatic rings. The molecule has 1 unspecified atom stereocenters. The van der Waals surface area contributed by atoms with Crippen LogP contribution in [0.25, 0.3) is 11.0 Å². The highest BCUT2D eigenvalue weighted by Gasteiger charge is 2.53. The summed E-state index contributed by atoms with van der Waals surface area (Å²) in [5.41, 5.74) is -1.44. The van der Waals surface area contributed by atoms with E-state index in [0.717, 1.165) is 4.31 Å². The normalized spacial score (nSPS) is 20.9. The molecule has 2 fully saturated rings. The van der Waals surface area contributed by atoms with Gasteiger partial charge in [-0.3, -0.25) is 9.69 Å². The number of carbonyl (C=O) groups excluding carboxylic acids is 2. The Morgan fingerprint density at radius 2 is 2.03 bits per heavy atom. The molecule has 1 atom stereocenters. The van der Waals surface area contributed by atoms with Gasteiger partial charge in [0.25, 0.3) is 15.9 Å². The maximum absolute atomic E-state index is 13.5. The topological polar surface area (TPSA) is 130 Å². The Hall–Kier alpha value is -2.66. The highest BCUT2D eigenvalue weighted by atomic mass is 32.2. The molecule has 1 aromatic carbocycles. The first-order valence-corrected chi connectivity index (χ1v) is 11.4. The summed E-state index contributed by atoms with van der Waals surface area (Å²) in [5, 5.41) is 13.9. The van der Waals surface area contributed by atoms with Crippen LogP contribution in [0.5, 0.6) is 0 Å². The van der Waals surface area contributed by atoms with E-state index in [1.807, 2.05) is 0 Å². The van der Waals surface area contributed by atoms with Crippen LogP contribution in [-0.2, 0) is 19.6 Å². The Kier molecular flexibility index (Phi) is 4.82. The molecule has 1 aliphatic heterocycles. The highest BCUT2D eigenvalue weighted by molar-refractivity contribution is 7.89. The van der Waals surface area contributed by atoms with E-state index in [1.54, 1.807) is 27.7 Å². The molecular weight excluding hydrogens is 426 g/mol. The van der Waals surface area contributed by atoms with E-state index in [1.165, 1.54) is 23.1 Å². The van der Waals surface area contributed by atoms with Crippen molar-refractivity contribution in [3.8, 4) is 0 Å². The number of benzene rings is 1. The number of aliphatic hydroxyl groups excluding tert-OH is 1. The van der Waals surface area contributed by atoms with Crippen molar-refractivity contribution in [3.05, 3.63) is 18.2 Å². The number of ether oxygens (including phenoxy) is 1. The minimum absolute atomic E-state index is 0.134. The second kappa shape index (κ2) is 6.92. The molecule has 0 spiro atoms. The molecular formula is C20H25N3O7S. The minimum Gasteiger partial charge on any atom is -0.443 e. The molecule has 2 aliphatic rings. The van der Waals surface area contributed by atoms with Gasteiger partial charge in [-0.05, 0) is 58.7 Å². The maximum atomic E-state index is 13.5. The quantitative estimate of drug-likeness (QED) is 0.750. The van der Waals surface area contributed by atoms with Crippen LogP contribution in [0.4, 0.5) is 10.6 Å². The molecule has 1 aromatic heterocycles. The zero-order valence-electron chi connectivity index (χ0n) is 17.8. The van der Waals surface area contributed by atoms with E-state index in [4.69, 9.17) is 9.26 Å². The summed E-state index contributed by atoms with van der Waals surface area (Å²) in [6.07, 6.45) is -0.749. The SMILES string of the molecule is CC(C)(C)OC(=O)N(C1(C)CC1)S(=O)(=O)c1ccc2onc(N3CCC(O)C3=O)c2c1. The van der Waals surface area contributed by atoms with Crippen molar-refractivity contribution < 1.29 is 32.4 Å². The van der Waals surface area contributed by atoms with Crippen LogP contribution in [0, 0.1) is 0 Å². The number of sulfonamides is 1. The summed E-state index contributed by atoms with van der Waals surface area (Å²) in [7, 11) is -4.27. The van der Waals surface area contributed by atoms with Crippen LogP contribution in [0.3, 0.4) is 0 Å². The molecule has 31 heavy (non-hydrogen) atoms. The van der Waals surface area contributed by atoms with E-state index in [-0.39, 0.29) is 29.3 Å². The van der Waals surface area contributed by atoms with Gasteiger partial charge in [0.15, 0.2) is 11.4 Å². The molecule has 11 heteroatoms. The number of rotatable bonds is 4. The largest absolute Gasteiger partial charge is 0.443 e. The summed E-state index contributed by atoms with van der Waals surface area (Å²) < 4.78 is 38.5. The zero-order valence-corrected chi connectivity index (χ0v) is 18.6. The third-order valence-electron chi connectivity index (χ3n) is 5.42. The lowest BCUT2D eigenvalue weighted by atomic mass is 10.2. The van der Waals surface area contributed by atoms with E-state index >= 15 is 0 Å². The number of nitrogens with zero attached hydrogens (tertiary/aromatic N) is 3. The third kappa shape index (κ3) is 3.76. The maximum Gasteiger partial charge on any atom is 0.424 e. The minimum atomic E-state index is -4.27. The Balaban J connectivity index is 1.76. The van der Waals surface area contributed by atoms with Crippen LogP contribution in [0.1, 0.15) is 47.0 Å². The first-order chi connectivity index (χ1) is 14.3. The predicted octanol–water partition coefficient (Wildman–Crippen LogP) is 2.40. The molecule has 1 N–H and O–H groups in total. The summed E-state index contributed by atoms with van der Waals surface area (Å²) in [4.78, 5) is 26.2. The standard InChI is InChI=1S/C20H25N3O7S/c1-19(2,3)29-18(26)23(20(4)8-9-20)31(27,28)12-5-6-15-13(11-12)16(21-30-15)22-10-7-14(24)17(22)25/h5-6,11,14,24H,7-10H2,1-4H3. The van der Waals surface area contributed by atoms with Gasteiger partial charge in [-0.25, -0.2) is 13.2 Å². The lowest BCUT2D eigenvalue weighted by Gasteiger charge is -2.31. The first kappa shape index (κ1) is 21.6. The Morgan fingerprint density at radius 1 is 1.35 bits per heavy atom. The van der Waals surface area contributed by atoms with E-state index in [0.29, 0.717) is 18.2 Å². The third-order valence-corrected chi connectivity index (χ3v) is 7.34. The number of hydrogen-bond acceptors (Lipinski definition) is 8. The van der Waals surface area contributed by atoms with E-state index in [9.17, 15) is 23.1 Å². The molecule has 4 rings (SSSR count). The molecule has 2 heterocycles. The van der Waals surface area contributed by atoms with Gasteiger partial charge in [0.2, 0.25) is 0 Å². The van der Waals surface area contributed by atoms with Gasteiger partial charge >= 0.3 is 6.09 Å². The van der Waals surface area contributed by atoms with Crippen molar-refractivity contribution in [3.63, 3.8) is 0 Å². The van der Waals surface area contributed by atoms with Gasteiger partial charge in [0.05, 0.1) is 15.8 Å². The number of hydrogen-bond donors (Lipinski definition) is 1. The number of fused-ring (bicyclic) bond motifs is 1. The lowest BCUT2D eigenvalue weighted by molar-refractivity contribution is -0.124. The van der Waals surface area contributed by atoms with Gasteiger partial charge in [-0.1, -0.05) is 5.16 Å². The number of carbonyl (C=O) groups is 2. The summed E-state index contributed by atoms with van der Waals surface area (Å²) >= 11 is 0. The van der Waals surface area contributed by atoms with Crippen LogP contribution in [0.2, 0.25) is 0 Å². The number of amides is 2. The molecule has 1 saturated carbocycles. The van der Waals surface area contributed by atoms with Crippen LogP contribution in [-0.4, -0.2) is 58.8 Å². The average Bonchev–Trinajstić information content (AvgIpc) is 3.10. The van der Waals surface area contributed by atoms with Gasteiger partial charge in [0, 0.05) is 13.0 Å². The van der Waals surface area contributed by atoms with Crippen molar-refractivity contribution in [2.45, 2.75) is 69.1 Å². The first-order valence-electron chi connectivity index (χ1n) is 10.0. The number of anilines is 1. The van der Waals surface area contributed by atoms with Crippen molar-refractivity contribution in [1.82, 2.24) is 9.46 Å². The van der Waals surface area contributed by atoms with Crippen LogP contribution >= 0.6 is 0 Å². The summed E-state index contributed by atoms with van der Waals surface area (Å²) in [6.45, 7) is 6.94. The average molecular weight is 452 g/mol. The van der Waals surface area contributed by atoms with Gasteiger partial charge in [-0.15, -0.1) is 0 Å². The van der Waals surface area contributed by atoms with Crippen LogP contribution < -0.4 is 4.90 Å². The number of aliphatic hydroxyl groups is 1. The van der Waals surface area contributed by atoms with E-state index < -0.39 is 39.3 Å². The van der Waals surface area contributed by atoms with Crippen LogP contribution in [0.15, 0.2) is 27.6 Å². The van der Waals surface area contributed by atoms with Crippen molar-refractivity contribution >= 4 is 38.8 Å². The predicted molar refractivity (Wildman–Crippen MR) is 110 cm³/mol. The Bertz CT molecular complexity index is 1160. The van der Waals surface area contributed by atoms with Crippen molar-refractivity contribution in [1.29, 1.82) is 0 Å². The zero-order chi connectivity index (χ0) is 22.8. The van der Waals surface area contributed by atoms with Crippen molar-refractivity contribution in [2.24, 2.45) is 0 Å². The van der Waals surface area contributed by atoms with Gasteiger partial charge in [0.1, 0.15) is 11.7 Å². The molecule has 1 saturated heterocycles. The summed E-state index contributed by atoms with van der Waals surface area (Å²) in [6, 6.07) is 4.09. The second-order valence-electron chi connectivity index (χ2n) is 9.21. The van der Waals surface area contributed by atoms with Gasteiger partial charge < -0.3 is 14.4 Å². The Labute approximate surface area is 179 Å². The monoisotopic (exact) mass is 451 g/mol. The molecule has 2 amide bonds. The molecule has 0 bridgehead atoms. The number of aromatic nitrogens is 1. The van der Waals surface area contributed by atoms with E-state index in [2.05, 4.69) is 5.16 Å². The molecule has 10 nitrogen and oxygen atoms in total. The van der Waals surface area contributed by atoms with Crippen molar-refractivity contribution in [2.75, 3.05) is 11.4 Å². The van der Waals surface area contributed by atoms with Gasteiger partial charge in [-0.2, -0.15) is 4.31 Å². The fourth-order valence-corrected chi connectivity index (χ4v) is 5.25. The fourth-order valence-electron chi connectivity index (χ4n) is 3.54. The second-order valence-corrected chi connectivity index (χ2v) is 11.0. The smallest absolute Gasteiger partial charge is 0.424 e. The molecule has 168 valence electrons. The fraction of sp³-hybridized carbons (Fsp3) is 0.550. The highest BCUT2D eigenvalue weighted by Crippen LogP contribution is 2.45. The molecule has 0 radical (unpaired) electrons. The Morgan fingerprint density at radius 3 is 2.58 bits per heavy atom. The summed E-state index contributed by atoms with van der Waals surface area (Å²) in [5.74, 6) is -0.389.